The van der Waals surface area contributed by atoms with E-state index in [9.17, 15) is 4.39 Å². The lowest BCUT2D eigenvalue weighted by Gasteiger charge is -2.11. The number of benzene rings is 1. The first-order valence-electron chi connectivity index (χ1n) is 6.67. The fraction of sp³-hybridized carbons (Fsp3) is 0.333. The quantitative estimate of drug-likeness (QED) is 0.897. The second-order valence-electron chi connectivity index (χ2n) is 4.44. The molecule has 0 amide bonds. The molecule has 1 N–H and O–H groups in total. The van der Waals surface area contributed by atoms with Crippen LogP contribution in [0, 0.1) is 5.82 Å². The molecule has 0 fully saturated rings. The first-order valence-corrected chi connectivity index (χ1v) is 7.47. The van der Waals surface area contributed by atoms with Gasteiger partial charge in [0, 0.05) is 13.0 Å². The van der Waals surface area contributed by atoms with Gasteiger partial charge in [-0.15, -0.1) is 0 Å². The van der Waals surface area contributed by atoms with Crippen LogP contribution in [0.15, 0.2) is 28.7 Å². The molecule has 0 aliphatic heterocycles. The van der Waals surface area contributed by atoms with E-state index in [0.717, 1.165) is 34.5 Å². The molecule has 2 rings (SSSR count). The van der Waals surface area contributed by atoms with E-state index < -0.39 is 0 Å². The van der Waals surface area contributed by atoms with Crippen molar-refractivity contribution in [1.29, 1.82) is 0 Å². The van der Waals surface area contributed by atoms with Crippen LogP contribution in [0.3, 0.4) is 0 Å². The zero-order chi connectivity index (χ0) is 14.5. The Morgan fingerprint density at radius 2 is 2.05 bits per heavy atom. The molecule has 0 atom stereocenters. The Labute approximate surface area is 126 Å². The minimum atomic E-state index is -0.234. The highest BCUT2D eigenvalue weighted by molar-refractivity contribution is 9.10. The van der Waals surface area contributed by atoms with Crippen LogP contribution in [0.1, 0.15) is 30.9 Å². The average molecular weight is 338 g/mol. The van der Waals surface area contributed by atoms with Crippen LogP contribution in [-0.4, -0.2) is 16.5 Å². The largest absolute Gasteiger partial charge is 0.369 e. The average Bonchev–Trinajstić information content (AvgIpc) is 2.42. The van der Waals surface area contributed by atoms with Gasteiger partial charge in [0.1, 0.15) is 17.5 Å². The molecule has 2 aromatic rings. The van der Waals surface area contributed by atoms with Gasteiger partial charge >= 0.3 is 0 Å². The Hall–Kier alpha value is -1.49. The van der Waals surface area contributed by atoms with E-state index in [0.29, 0.717) is 12.2 Å². The Bertz CT molecular complexity index is 602. The maximum atomic E-state index is 13.2. The van der Waals surface area contributed by atoms with E-state index in [2.05, 4.69) is 38.1 Å². The van der Waals surface area contributed by atoms with E-state index in [4.69, 9.17) is 0 Å². The molecular weight excluding hydrogens is 321 g/mol. The molecular formula is C15H17BrFN3. The van der Waals surface area contributed by atoms with Crippen LogP contribution in [-0.2, 0) is 12.8 Å². The summed E-state index contributed by atoms with van der Waals surface area (Å²) in [6.07, 6.45) is 1.34. The van der Waals surface area contributed by atoms with Crippen molar-refractivity contribution in [3.8, 4) is 0 Å². The summed E-state index contributed by atoms with van der Waals surface area (Å²) in [4.78, 5) is 9.04. The predicted molar refractivity (Wildman–Crippen MR) is 82.5 cm³/mol. The first kappa shape index (κ1) is 14.9. The highest BCUT2D eigenvalue weighted by atomic mass is 79.9. The SMILES string of the molecule is CCNc1nc(Cc2cccc(F)c2)nc(CC)c1Br. The normalized spacial score (nSPS) is 10.6. The molecule has 5 heteroatoms. The predicted octanol–water partition coefficient (Wildman–Crippen LogP) is 3.96. The standard InChI is InChI=1S/C15H17BrFN3/c1-3-12-14(16)15(18-4-2)20-13(19-12)9-10-6-5-7-11(17)8-10/h5-8H,3-4,9H2,1-2H3,(H,18,19,20). The highest BCUT2D eigenvalue weighted by Crippen LogP contribution is 2.24. The van der Waals surface area contributed by atoms with Gasteiger partial charge in [-0.25, -0.2) is 14.4 Å². The zero-order valence-corrected chi connectivity index (χ0v) is 13.2. The third-order valence-electron chi connectivity index (χ3n) is 2.90. The van der Waals surface area contributed by atoms with Crippen LogP contribution >= 0.6 is 15.9 Å². The summed E-state index contributed by atoms with van der Waals surface area (Å²) < 4.78 is 14.1. The van der Waals surface area contributed by atoms with Crippen molar-refractivity contribution in [2.24, 2.45) is 0 Å². The Balaban J connectivity index is 2.34. The van der Waals surface area contributed by atoms with Crippen molar-refractivity contribution in [2.45, 2.75) is 26.7 Å². The van der Waals surface area contributed by atoms with Gasteiger partial charge in [0.05, 0.1) is 10.2 Å². The van der Waals surface area contributed by atoms with Gasteiger partial charge in [-0.3, -0.25) is 0 Å². The van der Waals surface area contributed by atoms with Crippen LogP contribution in [0.5, 0.6) is 0 Å². The molecule has 106 valence electrons. The number of aryl methyl sites for hydroxylation is 1. The van der Waals surface area contributed by atoms with Crippen molar-refractivity contribution >= 4 is 21.7 Å². The van der Waals surface area contributed by atoms with Crippen molar-refractivity contribution in [1.82, 2.24) is 9.97 Å². The van der Waals surface area contributed by atoms with Crippen LogP contribution in [0.4, 0.5) is 10.2 Å². The van der Waals surface area contributed by atoms with Crippen LogP contribution in [0.25, 0.3) is 0 Å². The summed E-state index contributed by atoms with van der Waals surface area (Å²) in [5.74, 6) is 1.26. The monoisotopic (exact) mass is 337 g/mol. The van der Waals surface area contributed by atoms with Gasteiger partial charge in [-0.2, -0.15) is 0 Å². The number of hydrogen-bond acceptors (Lipinski definition) is 3. The van der Waals surface area contributed by atoms with Gasteiger partial charge in [0.2, 0.25) is 0 Å². The molecule has 0 saturated carbocycles. The summed E-state index contributed by atoms with van der Waals surface area (Å²) in [5.41, 5.74) is 1.83. The topological polar surface area (TPSA) is 37.8 Å². The number of rotatable bonds is 5. The molecule has 0 saturated heterocycles. The number of nitrogens with zero attached hydrogens (tertiary/aromatic N) is 2. The Kier molecular flexibility index (Phi) is 5.06. The minimum Gasteiger partial charge on any atom is -0.369 e. The maximum Gasteiger partial charge on any atom is 0.144 e. The lowest BCUT2D eigenvalue weighted by molar-refractivity contribution is 0.625. The van der Waals surface area contributed by atoms with Crippen LogP contribution in [0.2, 0.25) is 0 Å². The Morgan fingerprint density at radius 1 is 1.25 bits per heavy atom. The molecule has 0 bridgehead atoms. The summed E-state index contributed by atoms with van der Waals surface area (Å²) in [6.45, 7) is 4.86. The van der Waals surface area contributed by atoms with E-state index in [-0.39, 0.29) is 5.82 Å². The van der Waals surface area contributed by atoms with E-state index in [1.165, 1.54) is 12.1 Å². The number of hydrogen-bond donors (Lipinski definition) is 1. The summed E-state index contributed by atoms with van der Waals surface area (Å²) in [6, 6.07) is 6.54. The number of halogens is 2. The lowest BCUT2D eigenvalue weighted by Crippen LogP contribution is -2.08. The summed E-state index contributed by atoms with van der Waals surface area (Å²) in [5, 5.41) is 3.22. The van der Waals surface area contributed by atoms with Gasteiger partial charge < -0.3 is 5.32 Å². The number of nitrogens with one attached hydrogen (secondary N) is 1. The fourth-order valence-electron chi connectivity index (χ4n) is 1.97. The summed E-state index contributed by atoms with van der Waals surface area (Å²) in [7, 11) is 0. The third-order valence-corrected chi connectivity index (χ3v) is 3.73. The van der Waals surface area contributed by atoms with Crippen LogP contribution < -0.4 is 5.32 Å². The Morgan fingerprint density at radius 3 is 2.70 bits per heavy atom. The van der Waals surface area contributed by atoms with Crippen molar-refractivity contribution < 1.29 is 4.39 Å². The molecule has 1 heterocycles. The van der Waals surface area contributed by atoms with Gasteiger partial charge in [-0.05, 0) is 47.0 Å². The first-order chi connectivity index (χ1) is 9.63. The highest BCUT2D eigenvalue weighted by Gasteiger charge is 2.11. The molecule has 1 aromatic carbocycles. The van der Waals surface area contributed by atoms with Gasteiger partial charge in [0.15, 0.2) is 0 Å². The maximum absolute atomic E-state index is 13.2. The zero-order valence-electron chi connectivity index (χ0n) is 11.6. The van der Waals surface area contributed by atoms with E-state index >= 15 is 0 Å². The third kappa shape index (κ3) is 3.54. The molecule has 0 unspecified atom stereocenters. The number of anilines is 1. The van der Waals surface area contributed by atoms with Crippen molar-refractivity contribution in [3.63, 3.8) is 0 Å². The second-order valence-corrected chi connectivity index (χ2v) is 5.23. The molecule has 20 heavy (non-hydrogen) atoms. The second kappa shape index (κ2) is 6.79. The van der Waals surface area contributed by atoms with Crippen molar-refractivity contribution in [3.05, 3.63) is 51.6 Å². The van der Waals surface area contributed by atoms with Crippen molar-refractivity contribution in [2.75, 3.05) is 11.9 Å². The molecule has 3 nitrogen and oxygen atoms in total. The van der Waals surface area contributed by atoms with E-state index in [1.54, 1.807) is 6.07 Å². The smallest absolute Gasteiger partial charge is 0.144 e. The lowest BCUT2D eigenvalue weighted by atomic mass is 10.1. The summed E-state index contributed by atoms with van der Waals surface area (Å²) >= 11 is 3.53. The molecule has 0 aliphatic carbocycles. The van der Waals surface area contributed by atoms with E-state index in [1.807, 2.05) is 13.0 Å². The van der Waals surface area contributed by atoms with Gasteiger partial charge in [-0.1, -0.05) is 19.1 Å². The molecule has 0 radical (unpaired) electrons. The molecule has 0 spiro atoms. The molecule has 1 aromatic heterocycles. The number of aromatic nitrogens is 2. The fourth-order valence-corrected chi connectivity index (χ4v) is 2.57. The van der Waals surface area contributed by atoms with Gasteiger partial charge in [0.25, 0.3) is 0 Å². The minimum absolute atomic E-state index is 0.234. The molecule has 0 aliphatic rings.